The van der Waals surface area contributed by atoms with Crippen molar-refractivity contribution in [1.82, 2.24) is 9.97 Å². The van der Waals surface area contributed by atoms with Crippen molar-refractivity contribution < 1.29 is 0 Å². The fourth-order valence-corrected chi connectivity index (χ4v) is 2.83. The van der Waals surface area contributed by atoms with E-state index >= 15 is 0 Å². The van der Waals surface area contributed by atoms with E-state index in [0.717, 1.165) is 49.9 Å². The number of nitrogens with one attached hydrogen (secondary N) is 1. The summed E-state index contributed by atoms with van der Waals surface area (Å²) in [4.78, 5) is 11.9. The Morgan fingerprint density at radius 2 is 2.00 bits per heavy atom. The molecule has 0 spiro atoms. The quantitative estimate of drug-likeness (QED) is 0.895. The molecule has 0 radical (unpaired) electrons. The summed E-state index contributed by atoms with van der Waals surface area (Å²) in [6, 6.07) is 0. The first-order chi connectivity index (χ1) is 9.46. The van der Waals surface area contributed by atoms with Gasteiger partial charge in [0, 0.05) is 31.6 Å². The van der Waals surface area contributed by atoms with Gasteiger partial charge in [0.05, 0.1) is 0 Å². The smallest absolute Gasteiger partial charge is 0.137 e. The van der Waals surface area contributed by atoms with Gasteiger partial charge in [0.2, 0.25) is 0 Å². The predicted octanol–water partition coefficient (Wildman–Crippen LogP) is 3.41. The summed E-state index contributed by atoms with van der Waals surface area (Å²) >= 11 is 0. The summed E-state index contributed by atoms with van der Waals surface area (Å²) in [5, 5.41) is 3.38. The summed E-state index contributed by atoms with van der Waals surface area (Å²) in [7, 11) is 0. The van der Waals surface area contributed by atoms with Crippen LogP contribution in [0.1, 0.15) is 51.9 Å². The van der Waals surface area contributed by atoms with Gasteiger partial charge >= 0.3 is 0 Å². The van der Waals surface area contributed by atoms with Crippen LogP contribution in [0.25, 0.3) is 0 Å². The van der Waals surface area contributed by atoms with E-state index in [1.165, 1.54) is 12.0 Å². The molecular formula is C16H28N4. The van der Waals surface area contributed by atoms with Gasteiger partial charge in [0.1, 0.15) is 17.5 Å². The van der Waals surface area contributed by atoms with Crippen LogP contribution in [0.15, 0.2) is 0 Å². The molecule has 1 fully saturated rings. The third-order valence-electron chi connectivity index (χ3n) is 3.96. The molecule has 1 aliphatic heterocycles. The first-order valence-electron chi connectivity index (χ1n) is 7.83. The van der Waals surface area contributed by atoms with Gasteiger partial charge in [-0.3, -0.25) is 0 Å². The maximum absolute atomic E-state index is 4.83. The highest BCUT2D eigenvalue weighted by molar-refractivity contribution is 5.59. The van der Waals surface area contributed by atoms with Crippen LogP contribution in [0.3, 0.4) is 0 Å². The number of nitrogens with zero attached hydrogens (tertiary/aromatic N) is 3. The second-order valence-corrected chi connectivity index (χ2v) is 6.55. The number of aromatic nitrogens is 2. The van der Waals surface area contributed by atoms with Crippen molar-refractivity contribution in [3.05, 3.63) is 11.4 Å². The summed E-state index contributed by atoms with van der Waals surface area (Å²) in [6.07, 6.45) is 3.26. The molecule has 4 nitrogen and oxygen atoms in total. The Hall–Kier alpha value is -1.32. The van der Waals surface area contributed by atoms with Crippen LogP contribution in [0, 0.1) is 12.3 Å². The zero-order valence-electron chi connectivity index (χ0n) is 13.6. The van der Waals surface area contributed by atoms with Crippen molar-refractivity contribution in [2.24, 2.45) is 5.41 Å². The zero-order valence-corrected chi connectivity index (χ0v) is 13.6. The molecule has 2 rings (SSSR count). The van der Waals surface area contributed by atoms with Crippen molar-refractivity contribution >= 4 is 11.6 Å². The first-order valence-corrected chi connectivity index (χ1v) is 7.83. The van der Waals surface area contributed by atoms with E-state index in [9.17, 15) is 0 Å². The van der Waals surface area contributed by atoms with E-state index in [-0.39, 0.29) is 0 Å². The Balaban J connectivity index is 2.35. The molecule has 2 heterocycles. The fraction of sp³-hybridized carbons (Fsp3) is 0.750. The minimum atomic E-state index is 0.390. The highest BCUT2D eigenvalue weighted by atomic mass is 15.2. The van der Waals surface area contributed by atoms with E-state index in [4.69, 9.17) is 4.98 Å². The molecule has 4 heteroatoms. The van der Waals surface area contributed by atoms with Gasteiger partial charge in [0.15, 0.2) is 0 Å². The second-order valence-electron chi connectivity index (χ2n) is 6.55. The molecule has 0 amide bonds. The van der Waals surface area contributed by atoms with Crippen LogP contribution in [0.4, 0.5) is 11.6 Å². The Labute approximate surface area is 123 Å². The lowest BCUT2D eigenvalue weighted by Gasteiger charge is -2.24. The Kier molecular flexibility index (Phi) is 4.51. The highest BCUT2D eigenvalue weighted by Crippen LogP contribution is 2.34. The maximum Gasteiger partial charge on any atom is 0.137 e. The molecule has 20 heavy (non-hydrogen) atoms. The number of aryl methyl sites for hydroxylation is 1. The molecule has 1 aliphatic rings. The van der Waals surface area contributed by atoms with Gasteiger partial charge in [-0.2, -0.15) is 0 Å². The lowest BCUT2D eigenvalue weighted by molar-refractivity contribution is 0.418. The molecule has 0 atom stereocenters. The summed E-state index contributed by atoms with van der Waals surface area (Å²) < 4.78 is 0. The predicted molar refractivity (Wildman–Crippen MR) is 85.5 cm³/mol. The van der Waals surface area contributed by atoms with E-state index in [1.54, 1.807) is 0 Å². The molecule has 0 aromatic carbocycles. The molecule has 0 bridgehead atoms. The van der Waals surface area contributed by atoms with Crippen LogP contribution >= 0.6 is 0 Å². The monoisotopic (exact) mass is 276 g/mol. The molecule has 0 saturated carbocycles. The standard InChI is InChI=1S/C16H28N4/c1-6-8-13-18-14(17-7-2)12(3)15(19-13)20-10-9-16(4,5)11-20/h6-11H2,1-5H3,(H,17,18,19). The lowest BCUT2D eigenvalue weighted by Crippen LogP contribution is -2.25. The van der Waals surface area contributed by atoms with E-state index < -0.39 is 0 Å². The molecule has 1 aromatic rings. The maximum atomic E-state index is 4.83. The molecule has 0 unspecified atom stereocenters. The van der Waals surface area contributed by atoms with Crippen molar-refractivity contribution in [2.75, 3.05) is 29.9 Å². The minimum Gasteiger partial charge on any atom is -0.370 e. The second kappa shape index (κ2) is 5.98. The third-order valence-corrected chi connectivity index (χ3v) is 3.96. The summed E-state index contributed by atoms with van der Waals surface area (Å²) in [5.74, 6) is 3.10. The molecule has 0 aliphatic carbocycles. The zero-order chi connectivity index (χ0) is 14.8. The Morgan fingerprint density at radius 1 is 1.25 bits per heavy atom. The minimum absolute atomic E-state index is 0.390. The number of anilines is 2. The molecule has 1 N–H and O–H groups in total. The normalized spacial score (nSPS) is 17.6. The first kappa shape index (κ1) is 15.1. The van der Waals surface area contributed by atoms with Crippen LogP contribution in [0.5, 0.6) is 0 Å². The van der Waals surface area contributed by atoms with Gasteiger partial charge in [-0.15, -0.1) is 0 Å². The van der Waals surface area contributed by atoms with E-state index in [1.807, 2.05) is 0 Å². The molecule has 1 aromatic heterocycles. The van der Waals surface area contributed by atoms with Gasteiger partial charge in [-0.25, -0.2) is 9.97 Å². The van der Waals surface area contributed by atoms with Gasteiger partial charge < -0.3 is 10.2 Å². The Morgan fingerprint density at radius 3 is 2.55 bits per heavy atom. The van der Waals surface area contributed by atoms with Crippen LogP contribution in [0.2, 0.25) is 0 Å². The van der Waals surface area contributed by atoms with Gasteiger partial charge in [-0.1, -0.05) is 20.8 Å². The third kappa shape index (κ3) is 3.22. The topological polar surface area (TPSA) is 41.1 Å². The van der Waals surface area contributed by atoms with E-state index in [2.05, 4.69) is 49.8 Å². The van der Waals surface area contributed by atoms with Crippen molar-refractivity contribution in [1.29, 1.82) is 0 Å². The number of rotatable bonds is 5. The SMILES string of the molecule is CCCc1nc(NCC)c(C)c(N2CCC(C)(C)C2)n1. The van der Waals surface area contributed by atoms with E-state index in [0.29, 0.717) is 5.41 Å². The summed E-state index contributed by atoms with van der Waals surface area (Å²) in [6.45, 7) is 14.2. The van der Waals surface area contributed by atoms with Crippen LogP contribution in [-0.4, -0.2) is 29.6 Å². The van der Waals surface area contributed by atoms with Crippen molar-refractivity contribution in [2.45, 2.75) is 53.9 Å². The molecule has 1 saturated heterocycles. The lowest BCUT2D eigenvalue weighted by atomic mass is 9.93. The average molecular weight is 276 g/mol. The van der Waals surface area contributed by atoms with Crippen LogP contribution in [-0.2, 0) is 6.42 Å². The molecule has 112 valence electrons. The Bertz CT molecular complexity index is 468. The van der Waals surface area contributed by atoms with Crippen molar-refractivity contribution in [3.8, 4) is 0 Å². The van der Waals surface area contributed by atoms with Crippen molar-refractivity contribution in [3.63, 3.8) is 0 Å². The molecular weight excluding hydrogens is 248 g/mol. The summed E-state index contributed by atoms with van der Waals surface area (Å²) in [5.41, 5.74) is 1.57. The fourth-order valence-electron chi connectivity index (χ4n) is 2.83. The largest absolute Gasteiger partial charge is 0.370 e. The number of hydrogen-bond acceptors (Lipinski definition) is 4. The highest BCUT2D eigenvalue weighted by Gasteiger charge is 2.31. The van der Waals surface area contributed by atoms with Gasteiger partial charge in [-0.05, 0) is 32.1 Å². The number of hydrogen-bond donors (Lipinski definition) is 1. The van der Waals surface area contributed by atoms with Crippen LogP contribution < -0.4 is 10.2 Å². The van der Waals surface area contributed by atoms with Gasteiger partial charge in [0.25, 0.3) is 0 Å². The average Bonchev–Trinajstić information content (AvgIpc) is 2.74.